The van der Waals surface area contributed by atoms with Gasteiger partial charge in [-0.2, -0.15) is 0 Å². The zero-order valence-corrected chi connectivity index (χ0v) is 10.9. The second-order valence-corrected chi connectivity index (χ2v) is 5.82. The Kier molecular flexibility index (Phi) is 3.84. The highest BCUT2D eigenvalue weighted by molar-refractivity contribution is 7.91. The van der Waals surface area contributed by atoms with Crippen molar-refractivity contribution < 1.29 is 8.42 Å². The molecule has 94 valence electrons. The van der Waals surface area contributed by atoms with Crippen LogP contribution in [0.5, 0.6) is 0 Å². The standard InChI is InChI=1S/C12H11ClN2O2S/c13-12-6-2-1-4-10(12)9-18(16,17)15-11-5-3-7-14-8-11/h1-8,15H,9H2. The van der Waals surface area contributed by atoms with E-state index in [1.54, 1.807) is 42.6 Å². The SMILES string of the molecule is O=S(=O)(Cc1ccccc1Cl)Nc1cccnc1. The number of pyridine rings is 1. The molecule has 0 saturated heterocycles. The topological polar surface area (TPSA) is 59.1 Å². The highest BCUT2D eigenvalue weighted by atomic mass is 35.5. The molecule has 0 aliphatic rings. The van der Waals surface area contributed by atoms with Gasteiger partial charge in [-0.1, -0.05) is 29.8 Å². The lowest BCUT2D eigenvalue weighted by Crippen LogP contribution is -2.15. The number of hydrogen-bond donors (Lipinski definition) is 1. The number of nitrogens with one attached hydrogen (secondary N) is 1. The van der Waals surface area contributed by atoms with Gasteiger partial charge in [0.05, 0.1) is 17.6 Å². The molecule has 0 spiro atoms. The third kappa shape index (κ3) is 3.45. The summed E-state index contributed by atoms with van der Waals surface area (Å²) in [6.45, 7) is 0. The quantitative estimate of drug-likeness (QED) is 0.938. The molecule has 0 fully saturated rings. The maximum Gasteiger partial charge on any atom is 0.237 e. The Labute approximate surface area is 111 Å². The van der Waals surface area contributed by atoms with Crippen LogP contribution >= 0.6 is 11.6 Å². The van der Waals surface area contributed by atoms with E-state index in [4.69, 9.17) is 11.6 Å². The zero-order valence-electron chi connectivity index (χ0n) is 9.38. The summed E-state index contributed by atoms with van der Waals surface area (Å²) in [5.74, 6) is -0.165. The molecule has 0 amide bonds. The van der Waals surface area contributed by atoms with Crippen LogP contribution in [-0.4, -0.2) is 13.4 Å². The molecule has 6 heteroatoms. The van der Waals surface area contributed by atoms with E-state index in [0.717, 1.165) is 0 Å². The minimum absolute atomic E-state index is 0.165. The van der Waals surface area contributed by atoms with Crippen LogP contribution in [0.15, 0.2) is 48.8 Å². The summed E-state index contributed by atoms with van der Waals surface area (Å²) in [5.41, 5.74) is 1.00. The van der Waals surface area contributed by atoms with E-state index in [1.807, 2.05) is 0 Å². The first-order valence-corrected chi connectivity index (χ1v) is 7.24. The minimum Gasteiger partial charge on any atom is -0.282 e. The number of anilines is 1. The Morgan fingerprint density at radius 1 is 1.17 bits per heavy atom. The highest BCUT2D eigenvalue weighted by Crippen LogP contribution is 2.18. The summed E-state index contributed by atoms with van der Waals surface area (Å²) in [6.07, 6.45) is 3.02. The normalized spacial score (nSPS) is 11.2. The van der Waals surface area contributed by atoms with Gasteiger partial charge in [0, 0.05) is 11.2 Å². The fourth-order valence-corrected chi connectivity index (χ4v) is 2.95. The summed E-state index contributed by atoms with van der Waals surface area (Å²) in [5, 5.41) is 0.439. The summed E-state index contributed by atoms with van der Waals surface area (Å²) >= 11 is 5.93. The van der Waals surface area contributed by atoms with Crippen molar-refractivity contribution in [1.82, 2.24) is 4.98 Å². The Hall–Kier alpha value is -1.59. The van der Waals surface area contributed by atoms with Gasteiger partial charge < -0.3 is 0 Å². The molecule has 0 aliphatic carbocycles. The van der Waals surface area contributed by atoms with E-state index in [0.29, 0.717) is 16.3 Å². The predicted molar refractivity (Wildman–Crippen MR) is 71.9 cm³/mol. The van der Waals surface area contributed by atoms with Crippen LogP contribution in [0, 0.1) is 0 Å². The molecule has 1 heterocycles. The molecular formula is C12H11ClN2O2S. The van der Waals surface area contributed by atoms with E-state index in [9.17, 15) is 8.42 Å². The fourth-order valence-electron chi connectivity index (χ4n) is 1.46. The smallest absolute Gasteiger partial charge is 0.237 e. The van der Waals surface area contributed by atoms with Crippen molar-refractivity contribution in [2.24, 2.45) is 0 Å². The van der Waals surface area contributed by atoms with Gasteiger partial charge >= 0.3 is 0 Å². The van der Waals surface area contributed by atoms with Crippen molar-refractivity contribution in [1.29, 1.82) is 0 Å². The van der Waals surface area contributed by atoms with Crippen molar-refractivity contribution in [2.75, 3.05) is 4.72 Å². The number of sulfonamides is 1. The molecule has 0 aliphatic heterocycles. The number of benzene rings is 1. The molecule has 1 N–H and O–H groups in total. The molecule has 18 heavy (non-hydrogen) atoms. The van der Waals surface area contributed by atoms with Crippen LogP contribution in [0.4, 0.5) is 5.69 Å². The zero-order chi connectivity index (χ0) is 13.0. The summed E-state index contributed by atoms with van der Waals surface area (Å²) in [6, 6.07) is 10.2. The maximum atomic E-state index is 11.9. The highest BCUT2D eigenvalue weighted by Gasteiger charge is 2.13. The van der Waals surface area contributed by atoms with Crippen molar-refractivity contribution in [3.8, 4) is 0 Å². The average molecular weight is 283 g/mol. The van der Waals surface area contributed by atoms with E-state index in [1.165, 1.54) is 6.20 Å². The van der Waals surface area contributed by atoms with Gasteiger partial charge in [0.15, 0.2) is 0 Å². The molecule has 2 rings (SSSR count). The molecule has 0 unspecified atom stereocenters. The van der Waals surface area contributed by atoms with E-state index < -0.39 is 10.0 Å². The number of halogens is 1. The van der Waals surface area contributed by atoms with Crippen LogP contribution in [0.2, 0.25) is 5.02 Å². The number of nitrogens with zero attached hydrogens (tertiary/aromatic N) is 1. The molecule has 2 aromatic rings. The van der Waals surface area contributed by atoms with Gasteiger partial charge in [0.1, 0.15) is 0 Å². The lowest BCUT2D eigenvalue weighted by atomic mass is 10.2. The first-order chi connectivity index (χ1) is 8.57. The second kappa shape index (κ2) is 5.37. The van der Waals surface area contributed by atoms with Crippen LogP contribution < -0.4 is 4.72 Å². The molecule has 1 aromatic carbocycles. The minimum atomic E-state index is -3.48. The average Bonchev–Trinajstić information content (AvgIpc) is 2.32. The van der Waals surface area contributed by atoms with Gasteiger partial charge in [-0.05, 0) is 23.8 Å². The Morgan fingerprint density at radius 3 is 2.61 bits per heavy atom. The van der Waals surface area contributed by atoms with Crippen LogP contribution in [0.3, 0.4) is 0 Å². The van der Waals surface area contributed by atoms with Crippen molar-refractivity contribution in [2.45, 2.75) is 5.75 Å². The number of hydrogen-bond acceptors (Lipinski definition) is 3. The second-order valence-electron chi connectivity index (χ2n) is 3.69. The van der Waals surface area contributed by atoms with Crippen LogP contribution in [-0.2, 0) is 15.8 Å². The summed E-state index contributed by atoms with van der Waals surface area (Å²) < 4.78 is 26.3. The molecule has 0 radical (unpaired) electrons. The summed E-state index contributed by atoms with van der Waals surface area (Å²) in [4.78, 5) is 3.84. The van der Waals surface area contributed by atoms with Crippen molar-refractivity contribution in [3.63, 3.8) is 0 Å². The maximum absolute atomic E-state index is 11.9. The first kappa shape index (κ1) is 12.9. The molecule has 0 bridgehead atoms. The molecular weight excluding hydrogens is 272 g/mol. The Morgan fingerprint density at radius 2 is 1.94 bits per heavy atom. The Balaban J connectivity index is 2.16. The predicted octanol–water partition coefficient (Wildman–Crippen LogP) is 2.68. The molecule has 1 aromatic heterocycles. The molecule has 0 saturated carbocycles. The van der Waals surface area contributed by atoms with Gasteiger partial charge in [-0.15, -0.1) is 0 Å². The van der Waals surface area contributed by atoms with Gasteiger partial charge in [-0.25, -0.2) is 8.42 Å². The van der Waals surface area contributed by atoms with Gasteiger partial charge in [0.25, 0.3) is 0 Å². The van der Waals surface area contributed by atoms with Crippen LogP contribution in [0.25, 0.3) is 0 Å². The van der Waals surface area contributed by atoms with Gasteiger partial charge in [-0.3, -0.25) is 9.71 Å². The largest absolute Gasteiger partial charge is 0.282 e. The third-order valence-electron chi connectivity index (χ3n) is 2.24. The Bertz CT molecular complexity index is 630. The first-order valence-electron chi connectivity index (χ1n) is 5.21. The number of rotatable bonds is 4. The van der Waals surface area contributed by atoms with Crippen molar-refractivity contribution in [3.05, 3.63) is 59.4 Å². The van der Waals surface area contributed by atoms with Gasteiger partial charge in [0.2, 0.25) is 10.0 Å². The van der Waals surface area contributed by atoms with E-state index >= 15 is 0 Å². The lowest BCUT2D eigenvalue weighted by molar-refractivity contribution is 0.600. The number of aromatic nitrogens is 1. The third-order valence-corrected chi connectivity index (χ3v) is 3.84. The fraction of sp³-hybridized carbons (Fsp3) is 0.0833. The lowest BCUT2D eigenvalue weighted by Gasteiger charge is -2.08. The van der Waals surface area contributed by atoms with E-state index in [-0.39, 0.29) is 5.75 Å². The molecule has 4 nitrogen and oxygen atoms in total. The monoisotopic (exact) mass is 282 g/mol. The van der Waals surface area contributed by atoms with Crippen molar-refractivity contribution >= 4 is 27.3 Å². The molecule has 0 atom stereocenters. The van der Waals surface area contributed by atoms with E-state index in [2.05, 4.69) is 9.71 Å². The summed E-state index contributed by atoms with van der Waals surface area (Å²) in [7, 11) is -3.48. The van der Waals surface area contributed by atoms with Crippen LogP contribution in [0.1, 0.15) is 5.56 Å².